The van der Waals surface area contributed by atoms with Crippen LogP contribution in [0.15, 0.2) is 47.9 Å². The molecular weight excluding hydrogens is 339 g/mol. The maximum absolute atomic E-state index is 13.1. The third-order valence-corrected chi connectivity index (χ3v) is 5.39. The predicted octanol–water partition coefficient (Wildman–Crippen LogP) is 3.52. The van der Waals surface area contributed by atoms with Gasteiger partial charge in [0.2, 0.25) is 0 Å². The molecule has 132 valence electrons. The standard InChI is InChI=1S/C18H21FN4OS/c19-14-4-1-3-13(11-14)12-22-17(24)23-15-5-7-16(8-6-15)25-18-20-9-2-10-21-18/h1-4,9-11,15-16H,5-8,12H2,(H2,22,23,24). The molecular formula is C18H21FN4OS. The van der Waals surface area contributed by atoms with Gasteiger partial charge in [0.05, 0.1) is 0 Å². The molecule has 2 amide bonds. The normalized spacial score (nSPS) is 20.0. The molecule has 0 bridgehead atoms. The molecule has 1 heterocycles. The third-order valence-electron chi connectivity index (χ3n) is 4.17. The Morgan fingerprint density at radius 2 is 1.92 bits per heavy atom. The number of thioether (sulfide) groups is 1. The van der Waals surface area contributed by atoms with Crippen LogP contribution < -0.4 is 10.6 Å². The van der Waals surface area contributed by atoms with Crippen LogP contribution >= 0.6 is 11.8 Å². The molecule has 0 radical (unpaired) electrons. The molecule has 2 N–H and O–H groups in total. The average molecular weight is 360 g/mol. The molecule has 0 atom stereocenters. The van der Waals surface area contributed by atoms with Crippen molar-refractivity contribution < 1.29 is 9.18 Å². The Labute approximate surface area is 150 Å². The van der Waals surface area contributed by atoms with Crippen molar-refractivity contribution in [1.82, 2.24) is 20.6 Å². The molecule has 0 aliphatic heterocycles. The summed E-state index contributed by atoms with van der Waals surface area (Å²) in [7, 11) is 0. The van der Waals surface area contributed by atoms with Crippen molar-refractivity contribution in [3.63, 3.8) is 0 Å². The van der Waals surface area contributed by atoms with Crippen LogP contribution in [0.4, 0.5) is 9.18 Å². The number of benzene rings is 1. The van der Waals surface area contributed by atoms with Gasteiger partial charge in [-0.3, -0.25) is 0 Å². The first-order valence-corrected chi connectivity index (χ1v) is 9.29. The van der Waals surface area contributed by atoms with E-state index in [9.17, 15) is 9.18 Å². The zero-order valence-corrected chi connectivity index (χ0v) is 14.6. The number of amides is 2. The van der Waals surface area contributed by atoms with E-state index in [0.29, 0.717) is 11.8 Å². The van der Waals surface area contributed by atoms with Gasteiger partial charge in [-0.05, 0) is 49.4 Å². The number of nitrogens with zero attached hydrogens (tertiary/aromatic N) is 2. The fourth-order valence-electron chi connectivity index (χ4n) is 2.89. The lowest BCUT2D eigenvalue weighted by Gasteiger charge is -2.28. The van der Waals surface area contributed by atoms with Crippen molar-refractivity contribution in [2.24, 2.45) is 0 Å². The van der Waals surface area contributed by atoms with Crippen LogP contribution in [-0.2, 0) is 6.54 Å². The molecule has 0 saturated heterocycles. The first kappa shape index (κ1) is 17.7. The van der Waals surface area contributed by atoms with Gasteiger partial charge in [0, 0.05) is 30.2 Å². The highest BCUT2D eigenvalue weighted by molar-refractivity contribution is 7.99. The van der Waals surface area contributed by atoms with E-state index < -0.39 is 0 Å². The molecule has 1 aromatic heterocycles. The summed E-state index contributed by atoms with van der Waals surface area (Å²) in [6.07, 6.45) is 7.45. The molecule has 1 aliphatic rings. The Kier molecular flexibility index (Phi) is 6.22. The second-order valence-electron chi connectivity index (χ2n) is 6.08. The largest absolute Gasteiger partial charge is 0.335 e. The van der Waals surface area contributed by atoms with Gasteiger partial charge in [-0.25, -0.2) is 19.2 Å². The van der Waals surface area contributed by atoms with Gasteiger partial charge in [0.25, 0.3) is 0 Å². The number of carbonyl (C=O) groups excluding carboxylic acids is 1. The van der Waals surface area contributed by atoms with Gasteiger partial charge in [-0.15, -0.1) is 0 Å². The van der Waals surface area contributed by atoms with Crippen molar-refractivity contribution >= 4 is 17.8 Å². The topological polar surface area (TPSA) is 66.9 Å². The molecule has 1 aliphatic carbocycles. The highest BCUT2D eigenvalue weighted by Crippen LogP contribution is 2.31. The van der Waals surface area contributed by atoms with Gasteiger partial charge in [0.1, 0.15) is 5.82 Å². The predicted molar refractivity (Wildman–Crippen MR) is 95.7 cm³/mol. The van der Waals surface area contributed by atoms with E-state index in [2.05, 4.69) is 20.6 Å². The first-order chi connectivity index (χ1) is 12.2. The first-order valence-electron chi connectivity index (χ1n) is 8.41. The van der Waals surface area contributed by atoms with E-state index in [1.165, 1.54) is 12.1 Å². The number of hydrogen-bond donors (Lipinski definition) is 2. The SMILES string of the molecule is O=C(NCc1cccc(F)c1)NC1CCC(Sc2ncccn2)CC1. The van der Waals surface area contributed by atoms with Crippen molar-refractivity contribution in [1.29, 1.82) is 0 Å². The summed E-state index contributed by atoms with van der Waals surface area (Å²) in [6, 6.07) is 8.03. The Morgan fingerprint density at radius 1 is 1.16 bits per heavy atom. The maximum atomic E-state index is 13.1. The van der Waals surface area contributed by atoms with Crippen LogP contribution in [0.1, 0.15) is 31.2 Å². The summed E-state index contributed by atoms with van der Waals surface area (Å²) < 4.78 is 13.1. The maximum Gasteiger partial charge on any atom is 0.315 e. The summed E-state index contributed by atoms with van der Waals surface area (Å²) in [6.45, 7) is 0.320. The van der Waals surface area contributed by atoms with E-state index in [0.717, 1.165) is 36.4 Å². The van der Waals surface area contributed by atoms with Crippen LogP contribution in [0.25, 0.3) is 0 Å². The number of aromatic nitrogens is 2. The fraction of sp³-hybridized carbons (Fsp3) is 0.389. The van der Waals surface area contributed by atoms with E-state index in [1.54, 1.807) is 36.3 Å². The lowest BCUT2D eigenvalue weighted by Crippen LogP contribution is -2.43. The van der Waals surface area contributed by atoms with Gasteiger partial charge in [-0.2, -0.15) is 0 Å². The second-order valence-corrected chi connectivity index (χ2v) is 7.35. The zero-order valence-electron chi connectivity index (χ0n) is 13.8. The molecule has 2 aromatic rings. The number of carbonyl (C=O) groups is 1. The van der Waals surface area contributed by atoms with Gasteiger partial charge >= 0.3 is 6.03 Å². The zero-order chi connectivity index (χ0) is 17.5. The molecule has 3 rings (SSSR count). The average Bonchev–Trinajstić information content (AvgIpc) is 2.63. The summed E-state index contributed by atoms with van der Waals surface area (Å²) >= 11 is 1.71. The molecule has 1 fully saturated rings. The Hall–Kier alpha value is -2.15. The second kappa shape index (κ2) is 8.80. The quantitative estimate of drug-likeness (QED) is 0.801. The van der Waals surface area contributed by atoms with Crippen LogP contribution in [0.3, 0.4) is 0 Å². The van der Waals surface area contributed by atoms with Crippen molar-refractivity contribution in [2.75, 3.05) is 0 Å². The summed E-state index contributed by atoms with van der Waals surface area (Å²) in [5, 5.41) is 7.09. The Bertz CT molecular complexity index is 692. The van der Waals surface area contributed by atoms with E-state index >= 15 is 0 Å². The highest BCUT2D eigenvalue weighted by atomic mass is 32.2. The van der Waals surface area contributed by atoms with Crippen molar-refractivity contribution in [2.45, 2.75) is 48.7 Å². The molecule has 1 saturated carbocycles. The lowest BCUT2D eigenvalue weighted by atomic mass is 9.95. The molecule has 1 aromatic carbocycles. The molecule has 5 nitrogen and oxygen atoms in total. The van der Waals surface area contributed by atoms with Crippen LogP contribution in [0, 0.1) is 5.82 Å². The number of rotatable bonds is 5. The summed E-state index contributed by atoms with van der Waals surface area (Å²) in [4.78, 5) is 20.5. The molecule has 7 heteroatoms. The third kappa shape index (κ3) is 5.70. The minimum absolute atomic E-state index is 0.182. The number of nitrogens with one attached hydrogen (secondary N) is 2. The number of hydrogen-bond acceptors (Lipinski definition) is 4. The minimum atomic E-state index is -0.294. The van der Waals surface area contributed by atoms with Gasteiger partial charge in [-0.1, -0.05) is 23.9 Å². The van der Waals surface area contributed by atoms with E-state index in [4.69, 9.17) is 0 Å². The minimum Gasteiger partial charge on any atom is -0.335 e. The van der Waals surface area contributed by atoms with E-state index in [1.807, 2.05) is 6.07 Å². The van der Waals surface area contributed by atoms with Crippen LogP contribution in [0.2, 0.25) is 0 Å². The number of halogens is 1. The Morgan fingerprint density at radius 3 is 2.64 bits per heavy atom. The molecule has 0 unspecified atom stereocenters. The fourth-order valence-corrected chi connectivity index (χ4v) is 3.94. The van der Waals surface area contributed by atoms with Gasteiger partial charge in [0.15, 0.2) is 5.16 Å². The number of urea groups is 1. The highest BCUT2D eigenvalue weighted by Gasteiger charge is 2.23. The summed E-state index contributed by atoms with van der Waals surface area (Å²) in [5.41, 5.74) is 0.748. The van der Waals surface area contributed by atoms with E-state index in [-0.39, 0.29) is 17.9 Å². The smallest absolute Gasteiger partial charge is 0.315 e. The van der Waals surface area contributed by atoms with Crippen molar-refractivity contribution in [3.8, 4) is 0 Å². The Balaban J connectivity index is 1.37. The van der Waals surface area contributed by atoms with Crippen LogP contribution in [0.5, 0.6) is 0 Å². The van der Waals surface area contributed by atoms with Gasteiger partial charge < -0.3 is 10.6 Å². The van der Waals surface area contributed by atoms with Crippen LogP contribution in [-0.4, -0.2) is 27.3 Å². The monoisotopic (exact) mass is 360 g/mol. The molecule has 0 spiro atoms. The van der Waals surface area contributed by atoms with Crippen molar-refractivity contribution in [3.05, 3.63) is 54.1 Å². The summed E-state index contributed by atoms with van der Waals surface area (Å²) in [5.74, 6) is -0.294. The lowest BCUT2D eigenvalue weighted by molar-refractivity contribution is 0.232. The molecule has 25 heavy (non-hydrogen) atoms.